The lowest BCUT2D eigenvalue weighted by molar-refractivity contribution is 0.516. The fraction of sp³-hybridized carbons (Fsp3) is 0.250. The average molecular weight is 261 g/mol. The zero-order valence-corrected chi connectivity index (χ0v) is 10.8. The Balaban J connectivity index is 2.47. The normalized spacial score (nSPS) is 12.7. The molecule has 2 N–H and O–H groups in total. The Morgan fingerprint density at radius 1 is 0.947 bits per heavy atom. The third-order valence-electron chi connectivity index (χ3n) is 3.36. The van der Waals surface area contributed by atoms with Gasteiger partial charge in [0.05, 0.1) is 0 Å². The van der Waals surface area contributed by atoms with Crippen LogP contribution < -0.4 is 5.73 Å². The van der Waals surface area contributed by atoms with Crippen LogP contribution in [0.1, 0.15) is 24.0 Å². The maximum absolute atomic E-state index is 13.4. The highest BCUT2D eigenvalue weighted by Crippen LogP contribution is 2.32. The second kappa shape index (κ2) is 5.93. The Morgan fingerprint density at radius 2 is 1.42 bits per heavy atom. The van der Waals surface area contributed by atoms with Crippen LogP contribution in [0.3, 0.4) is 0 Å². The first-order chi connectivity index (χ1) is 9.11. The van der Waals surface area contributed by atoms with Gasteiger partial charge in [-0.1, -0.05) is 31.2 Å². The van der Waals surface area contributed by atoms with Crippen molar-refractivity contribution in [3.8, 4) is 0 Å². The molecule has 0 amide bonds. The summed E-state index contributed by atoms with van der Waals surface area (Å²) in [5.41, 5.74) is 7.38. The lowest BCUT2D eigenvalue weighted by Crippen LogP contribution is -2.20. The van der Waals surface area contributed by atoms with Crippen molar-refractivity contribution in [3.05, 3.63) is 71.3 Å². The number of benzene rings is 2. The Bertz CT molecular complexity index is 508. The van der Waals surface area contributed by atoms with Gasteiger partial charge in [-0.2, -0.15) is 0 Å². The molecule has 0 unspecified atom stereocenters. The van der Waals surface area contributed by atoms with E-state index in [9.17, 15) is 8.78 Å². The first-order valence-corrected chi connectivity index (χ1v) is 6.33. The van der Waals surface area contributed by atoms with Crippen LogP contribution in [0.5, 0.6) is 0 Å². The fourth-order valence-electron chi connectivity index (χ4n) is 2.39. The summed E-state index contributed by atoms with van der Waals surface area (Å²) in [5.74, 6) is -0.578. The van der Waals surface area contributed by atoms with E-state index in [1.165, 1.54) is 24.3 Å². The fourth-order valence-corrected chi connectivity index (χ4v) is 2.39. The molecule has 100 valence electrons. The smallest absolute Gasteiger partial charge is 0.123 e. The van der Waals surface area contributed by atoms with Crippen LogP contribution in [-0.4, -0.2) is 6.54 Å². The summed E-state index contributed by atoms with van der Waals surface area (Å²) in [6.07, 6.45) is 0. The summed E-state index contributed by atoms with van der Waals surface area (Å²) in [5, 5.41) is 0. The highest BCUT2D eigenvalue weighted by molar-refractivity contribution is 5.33. The molecule has 0 bridgehead atoms. The van der Waals surface area contributed by atoms with Gasteiger partial charge in [0.1, 0.15) is 11.6 Å². The molecule has 0 aromatic heterocycles. The molecule has 19 heavy (non-hydrogen) atoms. The van der Waals surface area contributed by atoms with E-state index < -0.39 is 0 Å². The molecule has 0 aliphatic carbocycles. The van der Waals surface area contributed by atoms with E-state index in [1.54, 1.807) is 12.1 Å². The van der Waals surface area contributed by atoms with Gasteiger partial charge >= 0.3 is 0 Å². The predicted molar refractivity (Wildman–Crippen MR) is 72.9 cm³/mol. The van der Waals surface area contributed by atoms with E-state index in [2.05, 4.69) is 0 Å². The molecule has 1 nitrogen and oxygen atoms in total. The van der Waals surface area contributed by atoms with Gasteiger partial charge in [0.15, 0.2) is 0 Å². The van der Waals surface area contributed by atoms with Crippen LogP contribution in [0.15, 0.2) is 48.5 Å². The van der Waals surface area contributed by atoms with Crippen molar-refractivity contribution in [2.75, 3.05) is 6.54 Å². The number of rotatable bonds is 4. The lowest BCUT2D eigenvalue weighted by atomic mass is 9.81. The maximum Gasteiger partial charge on any atom is 0.123 e. The summed E-state index contributed by atoms with van der Waals surface area (Å²) in [6.45, 7) is 2.44. The van der Waals surface area contributed by atoms with Crippen LogP contribution in [0.4, 0.5) is 8.78 Å². The van der Waals surface area contributed by atoms with Gasteiger partial charge in [-0.3, -0.25) is 0 Å². The summed E-state index contributed by atoms with van der Waals surface area (Å²) >= 11 is 0. The molecule has 0 spiro atoms. The van der Waals surface area contributed by atoms with Crippen LogP contribution in [0, 0.1) is 17.6 Å². The molecule has 2 aromatic rings. The minimum absolute atomic E-state index is 0.101. The number of nitrogens with two attached hydrogens (primary N) is 1. The molecule has 0 radical (unpaired) electrons. The van der Waals surface area contributed by atoms with Crippen molar-refractivity contribution < 1.29 is 8.78 Å². The van der Waals surface area contributed by atoms with Crippen molar-refractivity contribution in [2.45, 2.75) is 12.8 Å². The maximum atomic E-state index is 13.4. The van der Waals surface area contributed by atoms with E-state index in [4.69, 9.17) is 5.73 Å². The zero-order chi connectivity index (χ0) is 13.8. The highest BCUT2D eigenvalue weighted by Gasteiger charge is 2.21. The first-order valence-electron chi connectivity index (χ1n) is 6.33. The Hall–Kier alpha value is -1.74. The summed E-state index contributed by atoms with van der Waals surface area (Å²) in [6, 6.07) is 12.8. The van der Waals surface area contributed by atoms with E-state index in [0.717, 1.165) is 11.1 Å². The van der Waals surface area contributed by atoms with Crippen molar-refractivity contribution in [2.24, 2.45) is 11.7 Å². The minimum atomic E-state index is -0.289. The molecular formula is C16H17F2N. The van der Waals surface area contributed by atoms with Gasteiger partial charge in [-0.05, 0) is 47.9 Å². The monoisotopic (exact) mass is 261 g/mol. The molecule has 3 heteroatoms. The molecule has 0 fully saturated rings. The van der Waals surface area contributed by atoms with Gasteiger partial charge in [0, 0.05) is 5.92 Å². The molecule has 0 aliphatic rings. The molecule has 2 rings (SSSR count). The SMILES string of the molecule is C[C@@H](CN)C(c1cccc(F)c1)c1cccc(F)c1. The number of halogens is 2. The van der Waals surface area contributed by atoms with Gasteiger partial charge in [-0.15, -0.1) is 0 Å². The van der Waals surface area contributed by atoms with Crippen molar-refractivity contribution in [1.29, 1.82) is 0 Å². The molecule has 0 heterocycles. The summed E-state index contributed by atoms with van der Waals surface area (Å²) in [4.78, 5) is 0. The zero-order valence-electron chi connectivity index (χ0n) is 10.8. The Kier molecular flexibility index (Phi) is 4.27. The largest absolute Gasteiger partial charge is 0.330 e. The quantitative estimate of drug-likeness (QED) is 0.892. The van der Waals surface area contributed by atoms with Gasteiger partial charge < -0.3 is 5.73 Å². The molecule has 0 saturated heterocycles. The average Bonchev–Trinajstić information content (AvgIpc) is 2.39. The molecular weight excluding hydrogens is 244 g/mol. The number of hydrogen-bond donors (Lipinski definition) is 1. The molecule has 1 atom stereocenters. The van der Waals surface area contributed by atoms with Crippen LogP contribution in [0.2, 0.25) is 0 Å². The Morgan fingerprint density at radius 3 is 1.79 bits per heavy atom. The van der Waals surface area contributed by atoms with Crippen molar-refractivity contribution in [3.63, 3.8) is 0 Å². The number of hydrogen-bond acceptors (Lipinski definition) is 1. The third-order valence-corrected chi connectivity index (χ3v) is 3.36. The van der Waals surface area contributed by atoms with Crippen molar-refractivity contribution >= 4 is 0 Å². The third kappa shape index (κ3) is 3.18. The molecule has 2 aromatic carbocycles. The van der Waals surface area contributed by atoms with E-state index in [0.29, 0.717) is 6.54 Å². The van der Waals surface area contributed by atoms with E-state index in [1.807, 2.05) is 19.1 Å². The lowest BCUT2D eigenvalue weighted by Gasteiger charge is -2.24. The second-order valence-corrected chi connectivity index (χ2v) is 4.80. The Labute approximate surface area is 112 Å². The van der Waals surface area contributed by atoms with E-state index >= 15 is 0 Å². The standard InChI is InChI=1S/C16H17F2N/c1-11(10-19)16(12-4-2-6-14(17)8-12)13-5-3-7-15(18)9-13/h2-9,11,16H,10,19H2,1H3/t11-/m0/s1. The minimum Gasteiger partial charge on any atom is -0.330 e. The van der Waals surface area contributed by atoms with Crippen LogP contribution >= 0.6 is 0 Å². The van der Waals surface area contributed by atoms with Gasteiger partial charge in [0.25, 0.3) is 0 Å². The predicted octanol–water partition coefficient (Wildman–Crippen LogP) is 3.69. The van der Waals surface area contributed by atoms with Gasteiger partial charge in [-0.25, -0.2) is 8.78 Å². The van der Waals surface area contributed by atoms with Crippen molar-refractivity contribution in [1.82, 2.24) is 0 Å². The molecule has 0 saturated carbocycles. The second-order valence-electron chi connectivity index (χ2n) is 4.80. The van der Waals surface area contributed by atoms with Crippen LogP contribution in [-0.2, 0) is 0 Å². The topological polar surface area (TPSA) is 26.0 Å². The summed E-state index contributed by atoms with van der Waals surface area (Å²) in [7, 11) is 0. The highest BCUT2D eigenvalue weighted by atomic mass is 19.1. The van der Waals surface area contributed by atoms with E-state index in [-0.39, 0.29) is 23.5 Å². The van der Waals surface area contributed by atoms with Gasteiger partial charge in [0.2, 0.25) is 0 Å². The summed E-state index contributed by atoms with van der Waals surface area (Å²) < 4.78 is 26.8. The van der Waals surface area contributed by atoms with Crippen LogP contribution in [0.25, 0.3) is 0 Å². The molecule has 0 aliphatic heterocycles. The first kappa shape index (κ1) is 13.7.